The molecular formula is C19H20ClNO3. The second-order valence-electron chi connectivity index (χ2n) is 5.17. The lowest BCUT2D eigenvalue weighted by molar-refractivity contribution is 0.0742. The van der Waals surface area contributed by atoms with Gasteiger partial charge >= 0.3 is 0 Å². The van der Waals surface area contributed by atoms with E-state index in [1.54, 1.807) is 23.1 Å². The van der Waals surface area contributed by atoms with E-state index in [1.807, 2.05) is 42.5 Å². The predicted molar refractivity (Wildman–Crippen MR) is 96.5 cm³/mol. The number of methoxy groups -OCH3 is 1. The summed E-state index contributed by atoms with van der Waals surface area (Å²) >= 11 is 6.02. The van der Waals surface area contributed by atoms with Crippen LogP contribution >= 0.6 is 11.6 Å². The van der Waals surface area contributed by atoms with Crippen LogP contribution in [0.4, 0.5) is 0 Å². The van der Waals surface area contributed by atoms with Gasteiger partial charge in [0.15, 0.2) is 0 Å². The highest BCUT2D eigenvalue weighted by atomic mass is 35.5. The summed E-state index contributed by atoms with van der Waals surface area (Å²) in [6, 6.07) is 14.7. The van der Waals surface area contributed by atoms with Gasteiger partial charge in [0.1, 0.15) is 5.75 Å². The van der Waals surface area contributed by atoms with Crippen LogP contribution in [-0.4, -0.2) is 42.7 Å². The molecule has 4 nitrogen and oxygen atoms in total. The molecule has 0 radical (unpaired) electrons. The first-order chi connectivity index (χ1) is 11.6. The summed E-state index contributed by atoms with van der Waals surface area (Å²) in [7, 11) is 1.52. The molecule has 0 saturated heterocycles. The molecule has 24 heavy (non-hydrogen) atoms. The topological polar surface area (TPSA) is 49.8 Å². The Morgan fingerprint density at radius 2 is 2.00 bits per heavy atom. The average Bonchev–Trinajstić information content (AvgIpc) is 2.60. The summed E-state index contributed by atoms with van der Waals surface area (Å²) in [5.74, 6) is 0.317. The van der Waals surface area contributed by atoms with Crippen molar-refractivity contribution in [3.63, 3.8) is 0 Å². The van der Waals surface area contributed by atoms with E-state index in [0.717, 1.165) is 5.56 Å². The summed E-state index contributed by atoms with van der Waals surface area (Å²) in [4.78, 5) is 14.2. The fraction of sp³-hybridized carbons (Fsp3) is 0.211. The summed E-state index contributed by atoms with van der Waals surface area (Å²) in [5, 5.41) is 9.67. The molecule has 0 aliphatic carbocycles. The van der Waals surface area contributed by atoms with Crippen LogP contribution < -0.4 is 4.74 Å². The Morgan fingerprint density at radius 3 is 2.67 bits per heavy atom. The maximum atomic E-state index is 12.7. The number of aliphatic hydroxyl groups is 1. The third-order valence-electron chi connectivity index (χ3n) is 3.45. The number of hydrogen-bond donors (Lipinski definition) is 1. The van der Waals surface area contributed by atoms with Gasteiger partial charge in [-0.2, -0.15) is 0 Å². The molecule has 0 aliphatic rings. The van der Waals surface area contributed by atoms with E-state index in [1.165, 1.54) is 7.11 Å². The lowest BCUT2D eigenvalue weighted by Crippen LogP contribution is -2.33. The molecule has 2 aromatic carbocycles. The molecule has 0 bridgehead atoms. The molecule has 1 amide bonds. The van der Waals surface area contributed by atoms with Gasteiger partial charge in [-0.1, -0.05) is 54.1 Å². The average molecular weight is 346 g/mol. The van der Waals surface area contributed by atoms with Gasteiger partial charge in [0.2, 0.25) is 0 Å². The minimum atomic E-state index is -0.206. The van der Waals surface area contributed by atoms with Gasteiger partial charge in [0.25, 0.3) is 5.91 Å². The van der Waals surface area contributed by atoms with Crippen molar-refractivity contribution in [2.45, 2.75) is 0 Å². The Hall–Kier alpha value is -2.30. The number of nitrogens with zero attached hydrogens (tertiary/aromatic N) is 1. The van der Waals surface area contributed by atoms with Gasteiger partial charge in [-0.05, 0) is 23.8 Å². The highest BCUT2D eigenvalue weighted by Crippen LogP contribution is 2.21. The fourth-order valence-electron chi connectivity index (χ4n) is 2.26. The SMILES string of the molecule is COc1cc(Cl)cc(C(=O)N(C/C=C/c2ccccc2)CCO)c1. The predicted octanol–water partition coefficient (Wildman–Crippen LogP) is 3.50. The third-order valence-corrected chi connectivity index (χ3v) is 3.66. The number of amides is 1. The Balaban J connectivity index is 2.13. The van der Waals surface area contributed by atoms with Gasteiger partial charge in [-0.15, -0.1) is 0 Å². The Bertz CT molecular complexity index is 701. The number of carbonyl (C=O) groups excluding carboxylic acids is 1. The molecule has 5 heteroatoms. The number of hydrogen-bond acceptors (Lipinski definition) is 3. The van der Waals surface area contributed by atoms with Gasteiger partial charge in [0, 0.05) is 23.7 Å². The highest BCUT2D eigenvalue weighted by molar-refractivity contribution is 6.31. The van der Waals surface area contributed by atoms with Crippen LogP contribution in [0.15, 0.2) is 54.6 Å². The van der Waals surface area contributed by atoms with Crippen LogP contribution in [0.1, 0.15) is 15.9 Å². The Morgan fingerprint density at radius 1 is 1.25 bits per heavy atom. The van der Waals surface area contributed by atoms with Crippen molar-refractivity contribution in [1.29, 1.82) is 0 Å². The monoisotopic (exact) mass is 345 g/mol. The highest BCUT2D eigenvalue weighted by Gasteiger charge is 2.15. The number of halogens is 1. The molecule has 0 saturated carbocycles. The molecular weight excluding hydrogens is 326 g/mol. The van der Waals surface area contributed by atoms with Crippen molar-refractivity contribution < 1.29 is 14.6 Å². The molecule has 0 fully saturated rings. The third kappa shape index (κ3) is 5.11. The zero-order valence-electron chi connectivity index (χ0n) is 13.5. The standard InChI is InChI=1S/C19H20ClNO3/c1-24-18-13-16(12-17(20)14-18)19(23)21(10-11-22)9-5-8-15-6-3-2-4-7-15/h2-8,12-14,22H,9-11H2,1H3/b8-5+. The van der Waals surface area contributed by atoms with E-state index in [4.69, 9.17) is 16.3 Å². The fourth-order valence-corrected chi connectivity index (χ4v) is 2.49. The minimum absolute atomic E-state index is 0.109. The second-order valence-corrected chi connectivity index (χ2v) is 5.60. The van der Waals surface area contributed by atoms with E-state index in [9.17, 15) is 9.90 Å². The van der Waals surface area contributed by atoms with Crippen molar-refractivity contribution in [2.75, 3.05) is 26.8 Å². The first-order valence-corrected chi connectivity index (χ1v) is 7.98. The van der Waals surface area contributed by atoms with Crippen LogP contribution in [0.2, 0.25) is 5.02 Å². The number of carbonyl (C=O) groups is 1. The first kappa shape index (κ1) is 18.0. The number of aliphatic hydroxyl groups excluding tert-OH is 1. The van der Waals surface area contributed by atoms with Crippen LogP contribution in [0.3, 0.4) is 0 Å². The van der Waals surface area contributed by atoms with Gasteiger partial charge in [-0.25, -0.2) is 0 Å². The number of ether oxygens (including phenoxy) is 1. The van der Waals surface area contributed by atoms with Crippen molar-refractivity contribution >= 4 is 23.6 Å². The van der Waals surface area contributed by atoms with E-state index < -0.39 is 0 Å². The Kier molecular flexibility index (Phi) is 6.85. The van der Waals surface area contributed by atoms with Gasteiger partial charge in [-0.3, -0.25) is 4.79 Å². The zero-order chi connectivity index (χ0) is 17.4. The summed E-state index contributed by atoms with van der Waals surface area (Å²) < 4.78 is 5.15. The first-order valence-electron chi connectivity index (χ1n) is 7.60. The lowest BCUT2D eigenvalue weighted by Gasteiger charge is -2.20. The quantitative estimate of drug-likeness (QED) is 0.835. The van der Waals surface area contributed by atoms with Crippen LogP contribution in [0.5, 0.6) is 5.75 Å². The summed E-state index contributed by atoms with van der Waals surface area (Å²) in [6.45, 7) is 0.526. The molecule has 0 spiro atoms. The molecule has 1 N–H and O–H groups in total. The van der Waals surface area contributed by atoms with Gasteiger partial charge < -0.3 is 14.7 Å². The molecule has 0 aromatic heterocycles. The maximum absolute atomic E-state index is 12.7. The van der Waals surface area contributed by atoms with Gasteiger partial charge in [0.05, 0.1) is 13.7 Å². The molecule has 0 heterocycles. The molecule has 126 valence electrons. The maximum Gasteiger partial charge on any atom is 0.254 e. The Labute approximate surface area is 146 Å². The second kappa shape index (κ2) is 9.11. The largest absolute Gasteiger partial charge is 0.497 e. The smallest absolute Gasteiger partial charge is 0.254 e. The van der Waals surface area contributed by atoms with Crippen molar-refractivity contribution in [2.24, 2.45) is 0 Å². The van der Waals surface area contributed by atoms with E-state index in [0.29, 0.717) is 22.9 Å². The van der Waals surface area contributed by atoms with Crippen molar-refractivity contribution in [3.05, 3.63) is 70.8 Å². The summed E-state index contributed by atoms with van der Waals surface area (Å²) in [5.41, 5.74) is 1.49. The van der Waals surface area contributed by atoms with Crippen LogP contribution in [0, 0.1) is 0 Å². The minimum Gasteiger partial charge on any atom is -0.497 e. The van der Waals surface area contributed by atoms with Crippen LogP contribution in [0.25, 0.3) is 6.08 Å². The molecule has 0 unspecified atom stereocenters. The molecule has 2 aromatic rings. The molecule has 0 aliphatic heterocycles. The molecule has 2 rings (SSSR count). The van der Waals surface area contributed by atoms with E-state index >= 15 is 0 Å². The normalized spacial score (nSPS) is 10.8. The van der Waals surface area contributed by atoms with Crippen LogP contribution in [-0.2, 0) is 0 Å². The number of benzene rings is 2. The van der Waals surface area contributed by atoms with Crippen molar-refractivity contribution in [3.8, 4) is 5.75 Å². The van der Waals surface area contributed by atoms with E-state index in [2.05, 4.69) is 0 Å². The summed E-state index contributed by atoms with van der Waals surface area (Å²) in [6.07, 6.45) is 3.83. The zero-order valence-corrected chi connectivity index (χ0v) is 14.2. The lowest BCUT2D eigenvalue weighted by atomic mass is 10.1. The number of rotatable bonds is 7. The van der Waals surface area contributed by atoms with E-state index in [-0.39, 0.29) is 19.1 Å². The molecule has 0 atom stereocenters. The van der Waals surface area contributed by atoms with Crippen molar-refractivity contribution in [1.82, 2.24) is 4.90 Å².